The summed E-state index contributed by atoms with van der Waals surface area (Å²) < 4.78 is 26.6. The topological polar surface area (TPSA) is 54.5 Å². The second-order valence-electron chi connectivity index (χ2n) is 5.09. The lowest BCUT2D eigenvalue weighted by Gasteiger charge is -2.21. The molecule has 0 bridgehead atoms. The van der Waals surface area contributed by atoms with Gasteiger partial charge in [-0.25, -0.2) is 8.42 Å². The van der Waals surface area contributed by atoms with Crippen LogP contribution >= 0.6 is 11.6 Å². The fraction of sp³-hybridized carbons (Fsp3) is 0.267. The average Bonchev–Trinajstić information content (AvgIpc) is 2.97. The molecule has 4 nitrogen and oxygen atoms in total. The molecule has 2 aromatic rings. The molecule has 3 rings (SSSR count). The molecule has 0 saturated carbocycles. The standard InChI is InChI=1S/C15H14ClNO3S/c16-15(18)14-6-3-9-17(14)21(19,20)13-8-7-11-4-1-2-5-12(11)10-13/h1-2,4-5,7-8,10,14H,3,6,9H2. The minimum atomic E-state index is -3.70. The van der Waals surface area contributed by atoms with Crippen molar-refractivity contribution < 1.29 is 13.2 Å². The lowest BCUT2D eigenvalue weighted by Crippen LogP contribution is -2.38. The van der Waals surface area contributed by atoms with Gasteiger partial charge in [0.15, 0.2) is 0 Å². The third kappa shape index (κ3) is 2.57. The van der Waals surface area contributed by atoms with Crippen LogP contribution in [0.1, 0.15) is 12.8 Å². The summed E-state index contributed by atoms with van der Waals surface area (Å²) in [6, 6.07) is 11.8. The Balaban J connectivity index is 2.05. The molecule has 0 N–H and O–H groups in total. The van der Waals surface area contributed by atoms with Gasteiger partial charge in [-0.3, -0.25) is 4.79 Å². The first kappa shape index (κ1) is 14.5. The second kappa shape index (κ2) is 5.40. The molecule has 21 heavy (non-hydrogen) atoms. The van der Waals surface area contributed by atoms with Crippen LogP contribution < -0.4 is 0 Å². The predicted molar refractivity (Wildman–Crippen MR) is 81.7 cm³/mol. The van der Waals surface area contributed by atoms with Crippen molar-refractivity contribution in [2.75, 3.05) is 6.54 Å². The van der Waals surface area contributed by atoms with Crippen LogP contribution in [0.5, 0.6) is 0 Å². The Morgan fingerprint density at radius 1 is 1.14 bits per heavy atom. The van der Waals surface area contributed by atoms with Crippen LogP contribution in [-0.2, 0) is 14.8 Å². The largest absolute Gasteiger partial charge is 0.279 e. The number of carbonyl (C=O) groups excluding carboxylic acids is 1. The molecular formula is C15H14ClNO3S. The number of rotatable bonds is 3. The highest BCUT2D eigenvalue weighted by Gasteiger charge is 2.38. The second-order valence-corrected chi connectivity index (χ2v) is 7.35. The van der Waals surface area contributed by atoms with Crippen molar-refractivity contribution in [2.24, 2.45) is 0 Å². The Labute approximate surface area is 128 Å². The summed E-state index contributed by atoms with van der Waals surface area (Å²) >= 11 is 5.52. The van der Waals surface area contributed by atoms with Gasteiger partial charge in [0.2, 0.25) is 15.3 Å². The van der Waals surface area contributed by atoms with Crippen LogP contribution in [0, 0.1) is 0 Å². The van der Waals surface area contributed by atoms with Gasteiger partial charge in [-0.15, -0.1) is 0 Å². The lowest BCUT2D eigenvalue weighted by atomic mass is 10.1. The van der Waals surface area contributed by atoms with Gasteiger partial charge in [0.1, 0.15) is 0 Å². The Hall–Kier alpha value is -1.43. The molecule has 0 radical (unpaired) electrons. The first-order valence-corrected chi connectivity index (χ1v) is 8.52. The smallest absolute Gasteiger partial charge is 0.243 e. The zero-order valence-electron chi connectivity index (χ0n) is 11.2. The number of fused-ring (bicyclic) bond motifs is 1. The quantitative estimate of drug-likeness (QED) is 0.816. The van der Waals surface area contributed by atoms with E-state index in [1.54, 1.807) is 18.2 Å². The van der Waals surface area contributed by atoms with Gasteiger partial charge in [-0.05, 0) is 47.3 Å². The Bertz CT molecular complexity index is 803. The third-order valence-electron chi connectivity index (χ3n) is 3.79. The molecule has 110 valence electrons. The number of hydrogen-bond donors (Lipinski definition) is 0. The molecule has 1 aliphatic rings. The van der Waals surface area contributed by atoms with Crippen molar-refractivity contribution in [3.05, 3.63) is 42.5 Å². The Morgan fingerprint density at radius 2 is 1.86 bits per heavy atom. The molecule has 1 saturated heterocycles. The molecule has 1 atom stereocenters. The maximum atomic E-state index is 12.7. The highest BCUT2D eigenvalue weighted by molar-refractivity contribution is 7.89. The van der Waals surface area contributed by atoms with Crippen LogP contribution in [-0.4, -0.2) is 30.6 Å². The van der Waals surface area contributed by atoms with Gasteiger partial charge >= 0.3 is 0 Å². The molecule has 1 unspecified atom stereocenters. The third-order valence-corrected chi connectivity index (χ3v) is 5.95. The van der Waals surface area contributed by atoms with Crippen molar-refractivity contribution in [3.63, 3.8) is 0 Å². The van der Waals surface area contributed by atoms with E-state index < -0.39 is 21.3 Å². The van der Waals surface area contributed by atoms with Crippen LogP contribution in [0.3, 0.4) is 0 Å². The minimum Gasteiger partial charge on any atom is -0.279 e. The summed E-state index contributed by atoms with van der Waals surface area (Å²) in [6.45, 7) is 0.332. The molecule has 6 heteroatoms. The van der Waals surface area contributed by atoms with Gasteiger partial charge in [0.05, 0.1) is 10.9 Å². The maximum Gasteiger partial charge on any atom is 0.243 e. The van der Waals surface area contributed by atoms with Gasteiger partial charge in [0.25, 0.3) is 0 Å². The Kier molecular flexibility index (Phi) is 3.73. The maximum absolute atomic E-state index is 12.7. The number of hydrogen-bond acceptors (Lipinski definition) is 3. The van der Waals surface area contributed by atoms with E-state index in [0.717, 1.165) is 10.8 Å². The van der Waals surface area contributed by atoms with Crippen LogP contribution in [0.2, 0.25) is 0 Å². The fourth-order valence-corrected chi connectivity index (χ4v) is 4.70. The fourth-order valence-electron chi connectivity index (χ4n) is 2.72. The van der Waals surface area contributed by atoms with Gasteiger partial charge in [0, 0.05) is 6.54 Å². The summed E-state index contributed by atoms with van der Waals surface area (Å²) in [5.74, 6) is 0. The molecular weight excluding hydrogens is 310 g/mol. The molecule has 2 aromatic carbocycles. The Morgan fingerprint density at radius 3 is 2.57 bits per heavy atom. The summed E-state index contributed by atoms with van der Waals surface area (Å²) in [6.07, 6.45) is 1.13. The number of halogens is 1. The number of carbonyl (C=O) groups is 1. The molecule has 1 fully saturated rings. The van der Waals surface area contributed by atoms with E-state index in [1.807, 2.05) is 24.3 Å². The molecule has 0 aliphatic carbocycles. The normalized spacial score (nSPS) is 20.0. The van der Waals surface area contributed by atoms with E-state index in [4.69, 9.17) is 11.6 Å². The number of nitrogens with zero attached hydrogens (tertiary/aromatic N) is 1. The highest BCUT2D eigenvalue weighted by atomic mass is 35.5. The molecule has 0 spiro atoms. The van der Waals surface area contributed by atoms with E-state index in [2.05, 4.69) is 0 Å². The highest BCUT2D eigenvalue weighted by Crippen LogP contribution is 2.29. The zero-order chi connectivity index (χ0) is 15.0. The van der Waals surface area contributed by atoms with Gasteiger partial charge < -0.3 is 0 Å². The molecule has 0 amide bonds. The zero-order valence-corrected chi connectivity index (χ0v) is 12.8. The van der Waals surface area contributed by atoms with E-state index >= 15 is 0 Å². The van der Waals surface area contributed by atoms with Crippen LogP contribution in [0.4, 0.5) is 0 Å². The summed E-state index contributed by atoms with van der Waals surface area (Å²) in [5.41, 5.74) is 0. The number of benzene rings is 2. The van der Waals surface area contributed by atoms with Gasteiger partial charge in [-0.2, -0.15) is 4.31 Å². The molecule has 1 aliphatic heterocycles. The van der Waals surface area contributed by atoms with Gasteiger partial charge in [-0.1, -0.05) is 30.3 Å². The van der Waals surface area contributed by atoms with Crippen LogP contribution in [0.15, 0.2) is 47.4 Å². The minimum absolute atomic E-state index is 0.200. The van der Waals surface area contributed by atoms with Crippen molar-refractivity contribution in [2.45, 2.75) is 23.8 Å². The van der Waals surface area contributed by atoms with E-state index in [0.29, 0.717) is 19.4 Å². The molecule has 1 heterocycles. The summed E-state index contributed by atoms with van der Waals surface area (Å²) in [4.78, 5) is 11.6. The van der Waals surface area contributed by atoms with Crippen molar-refractivity contribution in [1.29, 1.82) is 0 Å². The van der Waals surface area contributed by atoms with E-state index in [9.17, 15) is 13.2 Å². The molecule has 0 aromatic heterocycles. The predicted octanol–water partition coefficient (Wildman–Crippen LogP) is 2.76. The summed E-state index contributed by atoms with van der Waals surface area (Å²) in [7, 11) is -3.70. The average molecular weight is 324 g/mol. The SMILES string of the molecule is O=C(Cl)C1CCCN1S(=O)(=O)c1ccc2ccccc2c1. The monoisotopic (exact) mass is 323 g/mol. The summed E-state index contributed by atoms with van der Waals surface area (Å²) in [5, 5.41) is 1.21. The van der Waals surface area contributed by atoms with Crippen molar-refractivity contribution in [1.82, 2.24) is 4.31 Å². The first-order chi connectivity index (χ1) is 10.00. The van der Waals surface area contributed by atoms with Crippen molar-refractivity contribution in [3.8, 4) is 0 Å². The number of sulfonamides is 1. The van der Waals surface area contributed by atoms with Crippen LogP contribution in [0.25, 0.3) is 10.8 Å². The van der Waals surface area contributed by atoms with Crippen molar-refractivity contribution >= 4 is 37.6 Å². The first-order valence-electron chi connectivity index (χ1n) is 6.70. The lowest BCUT2D eigenvalue weighted by molar-refractivity contribution is -0.114. The van der Waals surface area contributed by atoms with E-state index in [-0.39, 0.29) is 4.90 Å². The van der Waals surface area contributed by atoms with E-state index in [1.165, 1.54) is 4.31 Å².